The number of amides is 1. The molecule has 2 aliphatic rings. The van der Waals surface area contributed by atoms with Gasteiger partial charge in [0, 0.05) is 36.8 Å². The first-order valence-electron chi connectivity index (χ1n) is 10.8. The van der Waals surface area contributed by atoms with E-state index in [0.29, 0.717) is 0 Å². The van der Waals surface area contributed by atoms with E-state index in [9.17, 15) is 4.79 Å². The number of rotatable bonds is 7. The highest BCUT2D eigenvalue weighted by Gasteiger charge is 2.29. The lowest BCUT2D eigenvalue weighted by molar-refractivity contribution is -0.118. The Morgan fingerprint density at radius 1 is 1.33 bits per heavy atom. The predicted molar refractivity (Wildman–Crippen MR) is 143 cm³/mol. The van der Waals surface area contributed by atoms with Gasteiger partial charge in [0.15, 0.2) is 0 Å². The van der Waals surface area contributed by atoms with Crippen LogP contribution in [-0.4, -0.2) is 42.8 Å². The number of nitrogens with one attached hydrogen (secondary N) is 1. The monoisotopic (exact) mass is 477 g/mol. The average molecular weight is 478 g/mol. The summed E-state index contributed by atoms with van der Waals surface area (Å²) in [5.74, 6) is 0.697. The first kappa shape index (κ1) is 23.3. The van der Waals surface area contributed by atoms with Gasteiger partial charge >= 0.3 is 0 Å². The highest BCUT2D eigenvalue weighted by Crippen LogP contribution is 2.41. The first-order chi connectivity index (χ1) is 15.9. The summed E-state index contributed by atoms with van der Waals surface area (Å²) >= 11 is 1.39. The molecule has 1 aliphatic heterocycles. The maximum atomic E-state index is 11.4. The number of benzene rings is 2. The van der Waals surface area contributed by atoms with Gasteiger partial charge in [-0.05, 0) is 52.6 Å². The molecule has 0 radical (unpaired) electrons. The third kappa shape index (κ3) is 4.92. The number of carbonyl (C=O) groups is 1. The number of allylic oxidation sites excluding steroid dienone is 4. The second-order valence-electron chi connectivity index (χ2n) is 8.11. The second-order valence-corrected chi connectivity index (χ2v) is 9.53. The van der Waals surface area contributed by atoms with Crippen molar-refractivity contribution < 1.29 is 9.53 Å². The van der Waals surface area contributed by atoms with Gasteiger partial charge < -0.3 is 15.0 Å². The van der Waals surface area contributed by atoms with Crippen molar-refractivity contribution in [3.05, 3.63) is 83.2 Å². The Morgan fingerprint density at radius 3 is 2.82 bits per heavy atom. The minimum absolute atomic E-state index is 0.130. The Bertz CT molecular complexity index is 1230. The molecule has 0 saturated carbocycles. The van der Waals surface area contributed by atoms with Gasteiger partial charge in [0.2, 0.25) is 5.91 Å². The number of carbonyl (C=O) groups excluding carboxylic acids is 1. The predicted octanol–water partition coefficient (Wildman–Crippen LogP) is 5.33. The maximum absolute atomic E-state index is 11.4. The van der Waals surface area contributed by atoms with Crippen molar-refractivity contribution >= 4 is 49.2 Å². The lowest BCUT2D eigenvalue weighted by atomic mass is 9.88. The fourth-order valence-corrected chi connectivity index (χ4v) is 5.38. The molecule has 2 aromatic carbocycles. The highest BCUT2D eigenvalue weighted by molar-refractivity contribution is 8.01. The van der Waals surface area contributed by atoms with Crippen molar-refractivity contribution in [2.75, 3.05) is 20.2 Å². The minimum Gasteiger partial charge on any atom is -0.497 e. The van der Waals surface area contributed by atoms with Crippen LogP contribution < -0.4 is 10.1 Å². The fraction of sp³-hybridized carbons (Fsp3) is 0.231. The van der Waals surface area contributed by atoms with E-state index in [-0.39, 0.29) is 11.9 Å². The van der Waals surface area contributed by atoms with Gasteiger partial charge in [-0.2, -0.15) is 0 Å². The lowest BCUT2D eigenvalue weighted by Gasteiger charge is -2.41. The maximum Gasteiger partial charge on any atom is 0.243 e. The van der Waals surface area contributed by atoms with Crippen LogP contribution in [0.25, 0.3) is 16.3 Å². The summed E-state index contributed by atoms with van der Waals surface area (Å²) in [5.41, 5.74) is 4.55. The number of methoxy groups -OCH3 is 1. The minimum atomic E-state index is -0.141. The van der Waals surface area contributed by atoms with E-state index in [4.69, 9.17) is 9.13 Å². The molecule has 1 atom stereocenters. The van der Waals surface area contributed by atoms with Crippen molar-refractivity contribution in [2.45, 2.75) is 19.4 Å². The molecular weight excluding hydrogens is 449 g/mol. The van der Waals surface area contributed by atoms with Gasteiger partial charge in [-0.3, -0.25) is 4.79 Å². The molecule has 7 heteroatoms. The molecule has 0 bridgehead atoms. The third-order valence-corrected chi connectivity index (χ3v) is 7.35. The summed E-state index contributed by atoms with van der Waals surface area (Å²) in [7, 11) is 4.60. The molecule has 0 aromatic heterocycles. The average Bonchev–Trinajstić information content (AvgIpc) is 2.80. The molecular formula is C26H28N3O2PS. The third-order valence-electron chi connectivity index (χ3n) is 5.94. The molecule has 1 unspecified atom stereocenters. The van der Waals surface area contributed by atoms with Gasteiger partial charge in [-0.25, -0.2) is 4.40 Å². The largest absolute Gasteiger partial charge is 0.497 e. The molecule has 1 amide bonds. The normalized spacial score (nSPS) is 17.6. The van der Waals surface area contributed by atoms with Crippen molar-refractivity contribution in [1.82, 2.24) is 10.2 Å². The number of fused-ring (bicyclic) bond motifs is 1. The molecule has 1 fully saturated rings. The zero-order chi connectivity index (χ0) is 23.5. The van der Waals surface area contributed by atoms with Crippen LogP contribution in [-0.2, 0) is 4.79 Å². The molecule has 1 heterocycles. The van der Waals surface area contributed by atoms with E-state index in [1.165, 1.54) is 34.6 Å². The standard InChI is InChI=1S/C26H28N3O2PS/c1-5-24(30)27-19-14-29(15-19)17(3)33-28-23-11-10-16(2)25(26(23)32)22-13-20(31-4)12-18-8-6-7-9-21(18)22/h5-10,12-13,19H,1,3,11,14-15,32H2,2,4H3,(H,27,30)/b28-23+. The topological polar surface area (TPSA) is 53.9 Å². The van der Waals surface area contributed by atoms with Crippen molar-refractivity contribution in [3.63, 3.8) is 0 Å². The molecule has 170 valence electrons. The van der Waals surface area contributed by atoms with E-state index < -0.39 is 0 Å². The summed E-state index contributed by atoms with van der Waals surface area (Å²) in [6, 6.07) is 12.7. The van der Waals surface area contributed by atoms with Crippen LogP contribution in [0.15, 0.2) is 82.0 Å². The van der Waals surface area contributed by atoms with E-state index >= 15 is 0 Å². The van der Waals surface area contributed by atoms with Crippen LogP contribution in [0.5, 0.6) is 5.75 Å². The van der Waals surface area contributed by atoms with E-state index in [0.717, 1.165) is 52.3 Å². The van der Waals surface area contributed by atoms with E-state index in [1.807, 2.05) is 6.07 Å². The van der Waals surface area contributed by atoms with Crippen molar-refractivity contribution in [3.8, 4) is 5.75 Å². The van der Waals surface area contributed by atoms with Gasteiger partial charge in [0.05, 0.1) is 23.9 Å². The number of ether oxygens (including phenoxy) is 1. The van der Waals surface area contributed by atoms with Crippen LogP contribution >= 0.6 is 21.2 Å². The molecule has 1 aliphatic carbocycles. The number of hydrogen-bond donors (Lipinski definition) is 1. The molecule has 1 saturated heterocycles. The lowest BCUT2D eigenvalue weighted by Crippen LogP contribution is -2.57. The van der Waals surface area contributed by atoms with Gasteiger partial charge in [-0.15, -0.1) is 9.24 Å². The number of likely N-dealkylation sites (tertiary alicyclic amines) is 1. The van der Waals surface area contributed by atoms with E-state index in [2.05, 4.69) is 75.9 Å². The number of hydrogen-bond acceptors (Lipinski definition) is 5. The summed E-state index contributed by atoms with van der Waals surface area (Å²) in [6.07, 6.45) is 4.30. The summed E-state index contributed by atoms with van der Waals surface area (Å²) in [5, 5.41) is 7.21. The Kier molecular flexibility index (Phi) is 7.06. The Morgan fingerprint density at radius 2 is 2.09 bits per heavy atom. The Hall–Kier alpha value is -2.82. The summed E-state index contributed by atoms with van der Waals surface area (Å²) in [4.78, 5) is 13.6. The zero-order valence-electron chi connectivity index (χ0n) is 18.9. The van der Waals surface area contributed by atoms with Crippen LogP contribution in [0.3, 0.4) is 0 Å². The van der Waals surface area contributed by atoms with Crippen LogP contribution in [0, 0.1) is 0 Å². The van der Waals surface area contributed by atoms with Gasteiger partial charge in [-0.1, -0.05) is 43.5 Å². The van der Waals surface area contributed by atoms with E-state index in [1.54, 1.807) is 7.11 Å². The van der Waals surface area contributed by atoms with Gasteiger partial charge in [0.25, 0.3) is 0 Å². The van der Waals surface area contributed by atoms with Crippen LogP contribution in [0.1, 0.15) is 18.9 Å². The SMILES string of the molecule is C=CC(=O)NC1CN(C(=C)S/N=C2\CC=C(C)C(c3cc(OC)cc4ccccc34)=C2P)C1. The molecule has 4 rings (SSSR count). The Balaban J connectivity index is 1.57. The summed E-state index contributed by atoms with van der Waals surface area (Å²) < 4.78 is 10.4. The van der Waals surface area contributed by atoms with Gasteiger partial charge in [0.1, 0.15) is 5.75 Å². The molecule has 2 aromatic rings. The molecule has 0 spiro atoms. The smallest absolute Gasteiger partial charge is 0.243 e. The van der Waals surface area contributed by atoms with Crippen LogP contribution in [0.2, 0.25) is 0 Å². The number of nitrogens with zero attached hydrogens (tertiary/aromatic N) is 2. The van der Waals surface area contributed by atoms with Crippen LogP contribution in [0.4, 0.5) is 0 Å². The summed E-state index contributed by atoms with van der Waals surface area (Å²) in [6.45, 7) is 11.3. The van der Waals surface area contributed by atoms with Crippen molar-refractivity contribution in [1.29, 1.82) is 0 Å². The molecule has 1 N–H and O–H groups in total. The fourth-order valence-electron chi connectivity index (χ4n) is 4.07. The first-order valence-corrected chi connectivity index (χ1v) is 12.1. The molecule has 33 heavy (non-hydrogen) atoms. The highest BCUT2D eigenvalue weighted by atomic mass is 32.2. The quantitative estimate of drug-likeness (QED) is 0.333. The second kappa shape index (κ2) is 9.98. The zero-order valence-corrected chi connectivity index (χ0v) is 20.9. The Labute approximate surface area is 201 Å². The molecule has 5 nitrogen and oxygen atoms in total. The van der Waals surface area contributed by atoms with Crippen molar-refractivity contribution in [2.24, 2.45) is 4.40 Å².